The molecule has 3 aliphatic carbocycles. The molecule has 6 nitrogen and oxygen atoms in total. The maximum absolute atomic E-state index is 12.8. The smallest absolute Gasteiger partial charge is 0.418 e. The molecule has 3 atom stereocenters. The third-order valence-electron chi connectivity index (χ3n) is 6.89. The number of carbonyl (C=O) groups excluding carboxylic acids is 3. The van der Waals surface area contributed by atoms with E-state index in [1.54, 1.807) is 7.11 Å². The maximum atomic E-state index is 12.8. The summed E-state index contributed by atoms with van der Waals surface area (Å²) in [5.74, 6) is -1.30. The number of aryl methyl sites for hydroxylation is 1. The van der Waals surface area contributed by atoms with Crippen molar-refractivity contribution in [1.29, 1.82) is 0 Å². The van der Waals surface area contributed by atoms with Crippen molar-refractivity contribution in [3.05, 3.63) is 35.4 Å². The molecule has 1 aromatic carbocycles. The quantitative estimate of drug-likeness (QED) is 0.576. The Labute approximate surface area is 163 Å². The van der Waals surface area contributed by atoms with Crippen LogP contribution in [0.3, 0.4) is 0 Å². The lowest BCUT2D eigenvalue weighted by Crippen LogP contribution is -2.57. The van der Waals surface area contributed by atoms with E-state index in [4.69, 9.17) is 9.47 Å². The number of hydrogen-bond donors (Lipinski definition) is 0. The molecule has 28 heavy (non-hydrogen) atoms. The molecule has 1 fully saturated rings. The first kappa shape index (κ1) is 18.7. The monoisotopic (exact) mass is 384 g/mol. The average Bonchev–Trinajstić information content (AvgIpc) is 2.97. The fourth-order valence-corrected chi connectivity index (χ4v) is 5.34. The number of hydrogen-bond acceptors (Lipinski definition) is 6. The van der Waals surface area contributed by atoms with Gasteiger partial charge in [-0.2, -0.15) is 0 Å². The highest BCUT2D eigenvalue weighted by Crippen LogP contribution is 2.61. The standard InChI is InChI=1S/C22H24O6/c1-21-10-8-16-15-6-5-14(26-2)12-13(15)4-7-17(16)22(21,11-9-18(21)23)28-20(25)19(24)27-3/h5-6,8,12,17H,4,7,9-11H2,1-3H3/t17?,21-,22-/m1/s1. The van der Waals surface area contributed by atoms with E-state index in [9.17, 15) is 14.4 Å². The minimum absolute atomic E-state index is 0.0843. The van der Waals surface area contributed by atoms with E-state index in [1.807, 2.05) is 25.1 Å². The van der Waals surface area contributed by atoms with Gasteiger partial charge in [-0.1, -0.05) is 12.1 Å². The molecule has 1 aromatic rings. The van der Waals surface area contributed by atoms with Crippen LogP contribution in [-0.4, -0.2) is 37.5 Å². The predicted molar refractivity (Wildman–Crippen MR) is 101 cm³/mol. The normalized spacial score (nSPS) is 30.5. The van der Waals surface area contributed by atoms with Crippen LogP contribution in [0.1, 0.15) is 43.7 Å². The minimum Gasteiger partial charge on any atom is -0.497 e. The molecule has 1 unspecified atom stereocenters. The van der Waals surface area contributed by atoms with Gasteiger partial charge in [-0.15, -0.1) is 0 Å². The van der Waals surface area contributed by atoms with E-state index in [0.717, 1.165) is 36.8 Å². The lowest BCUT2D eigenvalue weighted by atomic mass is 9.57. The van der Waals surface area contributed by atoms with Gasteiger partial charge in [0.1, 0.15) is 17.1 Å². The van der Waals surface area contributed by atoms with E-state index in [1.165, 1.54) is 5.56 Å². The summed E-state index contributed by atoms with van der Waals surface area (Å²) in [6.45, 7) is 1.86. The first-order chi connectivity index (χ1) is 13.4. The van der Waals surface area contributed by atoms with Crippen LogP contribution in [0, 0.1) is 11.3 Å². The Balaban J connectivity index is 1.80. The van der Waals surface area contributed by atoms with Crippen molar-refractivity contribution in [3.8, 4) is 5.75 Å². The van der Waals surface area contributed by atoms with Crippen LogP contribution in [0.25, 0.3) is 5.57 Å². The van der Waals surface area contributed by atoms with Crippen LogP contribution in [-0.2, 0) is 30.3 Å². The summed E-state index contributed by atoms with van der Waals surface area (Å²) in [6, 6.07) is 5.98. The Kier molecular flexibility index (Phi) is 4.32. The Morgan fingerprint density at radius 2 is 1.93 bits per heavy atom. The van der Waals surface area contributed by atoms with Crippen molar-refractivity contribution < 1.29 is 28.6 Å². The summed E-state index contributed by atoms with van der Waals surface area (Å²) < 4.78 is 15.7. The molecule has 0 bridgehead atoms. The molecule has 0 radical (unpaired) electrons. The molecule has 0 heterocycles. The first-order valence-corrected chi connectivity index (χ1v) is 9.58. The Morgan fingerprint density at radius 1 is 1.14 bits per heavy atom. The topological polar surface area (TPSA) is 78.9 Å². The lowest BCUT2D eigenvalue weighted by Gasteiger charge is -2.51. The van der Waals surface area contributed by atoms with Crippen LogP contribution in [0.5, 0.6) is 5.75 Å². The zero-order chi connectivity index (χ0) is 20.1. The number of ketones is 1. The fraction of sp³-hybridized carbons (Fsp3) is 0.500. The van der Waals surface area contributed by atoms with Gasteiger partial charge in [-0.3, -0.25) is 4.79 Å². The highest BCUT2D eigenvalue weighted by molar-refractivity contribution is 6.29. The Bertz CT molecular complexity index is 900. The summed E-state index contributed by atoms with van der Waals surface area (Å²) in [4.78, 5) is 37.0. The zero-order valence-electron chi connectivity index (χ0n) is 16.4. The molecule has 3 aliphatic rings. The van der Waals surface area contributed by atoms with Gasteiger partial charge in [0.15, 0.2) is 0 Å². The number of ether oxygens (including phenoxy) is 3. The van der Waals surface area contributed by atoms with Gasteiger partial charge in [-0.25, -0.2) is 9.59 Å². The van der Waals surface area contributed by atoms with Crippen molar-refractivity contribution in [2.24, 2.45) is 11.3 Å². The van der Waals surface area contributed by atoms with Crippen LogP contribution < -0.4 is 4.74 Å². The number of allylic oxidation sites excluding steroid dienone is 1. The molecule has 0 N–H and O–H groups in total. The van der Waals surface area contributed by atoms with Crippen LogP contribution in [0.2, 0.25) is 0 Å². The number of fused-ring (bicyclic) bond motifs is 5. The number of benzene rings is 1. The SMILES string of the molecule is COC(=O)C(=O)O[C@@]12CCC(=O)[C@@]1(C)CC=C1c3ccc(OC)cc3CCC12. The van der Waals surface area contributed by atoms with Gasteiger partial charge >= 0.3 is 11.9 Å². The fourth-order valence-electron chi connectivity index (χ4n) is 5.34. The van der Waals surface area contributed by atoms with Gasteiger partial charge < -0.3 is 14.2 Å². The second-order valence-corrected chi connectivity index (χ2v) is 8.00. The maximum Gasteiger partial charge on any atom is 0.418 e. The molecule has 0 saturated heterocycles. The number of carbonyl (C=O) groups is 3. The molecule has 148 valence electrons. The number of methoxy groups -OCH3 is 2. The largest absolute Gasteiger partial charge is 0.497 e. The summed E-state index contributed by atoms with van der Waals surface area (Å²) in [6.07, 6.45) is 4.90. The van der Waals surface area contributed by atoms with Crippen molar-refractivity contribution >= 4 is 23.3 Å². The third kappa shape index (κ3) is 2.43. The summed E-state index contributed by atoms with van der Waals surface area (Å²) in [7, 11) is 2.79. The second kappa shape index (κ2) is 6.47. The highest BCUT2D eigenvalue weighted by atomic mass is 16.6. The molecule has 1 saturated carbocycles. The van der Waals surface area contributed by atoms with Gasteiger partial charge in [0, 0.05) is 12.3 Å². The number of rotatable bonds is 2. The van der Waals surface area contributed by atoms with E-state index in [-0.39, 0.29) is 11.7 Å². The molecule has 0 aromatic heterocycles. The molecule has 0 aliphatic heterocycles. The molecule has 4 rings (SSSR count). The lowest BCUT2D eigenvalue weighted by molar-refractivity contribution is -0.191. The van der Waals surface area contributed by atoms with E-state index in [0.29, 0.717) is 19.3 Å². The van der Waals surface area contributed by atoms with E-state index < -0.39 is 23.0 Å². The van der Waals surface area contributed by atoms with Crippen LogP contribution in [0.15, 0.2) is 24.3 Å². The van der Waals surface area contributed by atoms with E-state index in [2.05, 4.69) is 10.8 Å². The number of esters is 2. The number of Topliss-reactive ketones (excluding diaryl/α,β-unsaturated/α-hetero) is 1. The average molecular weight is 384 g/mol. The van der Waals surface area contributed by atoms with Gasteiger partial charge in [0.25, 0.3) is 0 Å². The van der Waals surface area contributed by atoms with Crippen molar-refractivity contribution in [2.75, 3.05) is 14.2 Å². The molecule has 0 spiro atoms. The zero-order valence-corrected chi connectivity index (χ0v) is 16.4. The molecular formula is C22H24O6. The van der Waals surface area contributed by atoms with Crippen LogP contribution >= 0.6 is 0 Å². The van der Waals surface area contributed by atoms with Crippen LogP contribution in [0.4, 0.5) is 0 Å². The predicted octanol–water partition coefficient (Wildman–Crippen LogP) is 2.87. The Hall–Kier alpha value is -2.63. The minimum atomic E-state index is -1.03. The Morgan fingerprint density at radius 3 is 2.64 bits per heavy atom. The van der Waals surface area contributed by atoms with Gasteiger partial charge in [0.05, 0.1) is 19.6 Å². The third-order valence-corrected chi connectivity index (χ3v) is 6.89. The molecular weight excluding hydrogens is 360 g/mol. The second-order valence-electron chi connectivity index (χ2n) is 8.00. The summed E-state index contributed by atoms with van der Waals surface area (Å²) in [5.41, 5.74) is 1.54. The van der Waals surface area contributed by atoms with E-state index >= 15 is 0 Å². The highest BCUT2D eigenvalue weighted by Gasteiger charge is 2.66. The van der Waals surface area contributed by atoms with Crippen molar-refractivity contribution in [1.82, 2.24) is 0 Å². The van der Waals surface area contributed by atoms with Crippen molar-refractivity contribution in [3.63, 3.8) is 0 Å². The van der Waals surface area contributed by atoms with Gasteiger partial charge in [-0.05, 0) is 61.4 Å². The van der Waals surface area contributed by atoms with Crippen molar-refractivity contribution in [2.45, 2.75) is 44.6 Å². The summed E-state index contributed by atoms with van der Waals surface area (Å²) >= 11 is 0. The first-order valence-electron chi connectivity index (χ1n) is 9.58. The molecule has 0 amide bonds. The summed E-state index contributed by atoms with van der Waals surface area (Å²) in [5, 5.41) is 0. The van der Waals surface area contributed by atoms with Gasteiger partial charge in [0.2, 0.25) is 0 Å². The molecule has 6 heteroatoms.